The predicted molar refractivity (Wildman–Crippen MR) is 120 cm³/mol. The molecule has 1 amide bonds. The first-order chi connectivity index (χ1) is 15.6. The quantitative estimate of drug-likeness (QED) is 0.574. The Bertz CT molecular complexity index is 1010. The SMILES string of the molecule is COc1ccc(-c2noc(CCC(=O)NCc3ccc(N4CCN(C)CC4)nc3)n2)cc1. The zero-order chi connectivity index (χ0) is 22.3. The maximum absolute atomic E-state index is 12.2. The van der Waals surface area contributed by atoms with E-state index in [9.17, 15) is 4.79 Å². The van der Waals surface area contributed by atoms with E-state index in [-0.39, 0.29) is 12.3 Å². The van der Waals surface area contributed by atoms with Crippen LogP contribution in [0.2, 0.25) is 0 Å². The third-order valence-corrected chi connectivity index (χ3v) is 5.51. The van der Waals surface area contributed by atoms with Crippen molar-refractivity contribution in [1.29, 1.82) is 0 Å². The number of hydrogen-bond acceptors (Lipinski definition) is 8. The normalized spacial score (nSPS) is 14.4. The molecule has 0 bridgehead atoms. The van der Waals surface area contributed by atoms with Gasteiger partial charge >= 0.3 is 0 Å². The summed E-state index contributed by atoms with van der Waals surface area (Å²) in [6.45, 7) is 4.49. The molecule has 0 saturated carbocycles. The molecule has 1 saturated heterocycles. The lowest BCUT2D eigenvalue weighted by Gasteiger charge is -2.33. The van der Waals surface area contributed by atoms with Crippen molar-refractivity contribution in [1.82, 2.24) is 25.3 Å². The number of pyridine rings is 1. The number of aryl methyl sites for hydroxylation is 1. The van der Waals surface area contributed by atoms with Gasteiger partial charge in [-0.15, -0.1) is 0 Å². The molecule has 1 aromatic carbocycles. The number of carbonyl (C=O) groups excluding carboxylic acids is 1. The van der Waals surface area contributed by atoms with Gasteiger partial charge in [-0.1, -0.05) is 11.2 Å². The second-order valence-corrected chi connectivity index (χ2v) is 7.83. The van der Waals surface area contributed by atoms with Crippen LogP contribution in [0.25, 0.3) is 11.4 Å². The molecule has 168 valence electrons. The van der Waals surface area contributed by atoms with Gasteiger partial charge < -0.3 is 24.4 Å². The summed E-state index contributed by atoms with van der Waals surface area (Å²) in [5.74, 6) is 2.60. The van der Waals surface area contributed by atoms with E-state index in [1.54, 1.807) is 7.11 Å². The molecule has 0 atom stereocenters. The summed E-state index contributed by atoms with van der Waals surface area (Å²) in [6, 6.07) is 11.4. The fraction of sp³-hybridized carbons (Fsp3) is 0.391. The number of piperazine rings is 1. The van der Waals surface area contributed by atoms with Crippen LogP contribution < -0.4 is 15.0 Å². The number of carbonyl (C=O) groups is 1. The molecule has 3 aromatic rings. The first-order valence-electron chi connectivity index (χ1n) is 10.7. The van der Waals surface area contributed by atoms with Crippen molar-refractivity contribution in [3.8, 4) is 17.1 Å². The maximum atomic E-state index is 12.2. The number of aromatic nitrogens is 3. The van der Waals surface area contributed by atoms with Crippen molar-refractivity contribution >= 4 is 11.7 Å². The van der Waals surface area contributed by atoms with Crippen LogP contribution in [0.4, 0.5) is 5.82 Å². The highest BCUT2D eigenvalue weighted by Gasteiger charge is 2.15. The lowest BCUT2D eigenvalue weighted by Crippen LogP contribution is -2.44. The summed E-state index contributed by atoms with van der Waals surface area (Å²) < 4.78 is 10.4. The minimum absolute atomic E-state index is 0.0719. The van der Waals surface area contributed by atoms with Crippen LogP contribution in [-0.4, -0.2) is 66.3 Å². The largest absolute Gasteiger partial charge is 0.497 e. The number of ether oxygens (including phenoxy) is 1. The Morgan fingerprint density at radius 3 is 2.59 bits per heavy atom. The third-order valence-electron chi connectivity index (χ3n) is 5.51. The lowest BCUT2D eigenvalue weighted by molar-refractivity contribution is -0.121. The van der Waals surface area contributed by atoms with E-state index in [4.69, 9.17) is 9.26 Å². The lowest BCUT2D eigenvalue weighted by atomic mass is 10.2. The molecule has 0 radical (unpaired) electrons. The predicted octanol–water partition coefficient (Wildman–Crippen LogP) is 2.14. The first kappa shape index (κ1) is 21.8. The highest BCUT2D eigenvalue weighted by molar-refractivity contribution is 5.76. The highest BCUT2D eigenvalue weighted by Crippen LogP contribution is 2.20. The van der Waals surface area contributed by atoms with Crippen molar-refractivity contribution in [2.75, 3.05) is 45.2 Å². The molecule has 1 aliphatic rings. The van der Waals surface area contributed by atoms with Crippen LogP contribution in [0.3, 0.4) is 0 Å². The Kier molecular flexibility index (Phi) is 6.96. The van der Waals surface area contributed by atoms with Crippen LogP contribution in [0.15, 0.2) is 47.1 Å². The van der Waals surface area contributed by atoms with Crippen LogP contribution in [0, 0.1) is 0 Å². The molecule has 3 heterocycles. The number of methoxy groups -OCH3 is 1. The number of hydrogen-bond donors (Lipinski definition) is 1. The van der Waals surface area contributed by atoms with E-state index in [1.165, 1.54) is 0 Å². The van der Waals surface area contributed by atoms with Crippen molar-refractivity contribution < 1.29 is 14.1 Å². The molecule has 9 nitrogen and oxygen atoms in total. The second kappa shape index (κ2) is 10.2. The smallest absolute Gasteiger partial charge is 0.227 e. The number of likely N-dealkylation sites (N-methyl/N-ethyl adjacent to an activating group) is 1. The number of nitrogens with one attached hydrogen (secondary N) is 1. The average Bonchev–Trinajstić information content (AvgIpc) is 3.31. The standard InChI is InChI=1S/C23H28N6O3/c1-28-11-13-29(14-12-28)20-8-3-17(15-24-20)16-25-21(30)9-10-22-26-23(27-32-22)18-4-6-19(31-2)7-5-18/h3-8,15H,9-14,16H2,1-2H3,(H,25,30). The maximum Gasteiger partial charge on any atom is 0.227 e. The van der Waals surface area contributed by atoms with E-state index in [0.29, 0.717) is 24.7 Å². The minimum Gasteiger partial charge on any atom is -0.497 e. The average molecular weight is 437 g/mol. The molecule has 32 heavy (non-hydrogen) atoms. The number of benzene rings is 1. The van der Waals surface area contributed by atoms with Crippen LogP contribution >= 0.6 is 0 Å². The molecular formula is C23H28N6O3. The van der Waals surface area contributed by atoms with E-state index in [0.717, 1.165) is 48.9 Å². The monoisotopic (exact) mass is 436 g/mol. The van der Waals surface area contributed by atoms with E-state index >= 15 is 0 Å². The van der Waals surface area contributed by atoms with Gasteiger partial charge in [0.25, 0.3) is 0 Å². The van der Waals surface area contributed by atoms with Gasteiger partial charge in [-0.3, -0.25) is 4.79 Å². The van der Waals surface area contributed by atoms with Gasteiger partial charge in [0.1, 0.15) is 11.6 Å². The van der Waals surface area contributed by atoms with Crippen molar-refractivity contribution in [3.05, 3.63) is 54.0 Å². The number of amides is 1. The molecule has 0 spiro atoms. The molecule has 2 aromatic heterocycles. The highest BCUT2D eigenvalue weighted by atomic mass is 16.5. The summed E-state index contributed by atoms with van der Waals surface area (Å²) in [5.41, 5.74) is 1.80. The van der Waals surface area contributed by atoms with Crippen LogP contribution in [0.1, 0.15) is 17.9 Å². The fourth-order valence-electron chi connectivity index (χ4n) is 3.47. The van der Waals surface area contributed by atoms with E-state index in [2.05, 4.69) is 37.3 Å². The molecule has 4 rings (SSSR count). The summed E-state index contributed by atoms with van der Waals surface area (Å²) in [7, 11) is 3.75. The van der Waals surface area contributed by atoms with Crippen LogP contribution in [-0.2, 0) is 17.8 Å². The molecular weight excluding hydrogens is 408 g/mol. The fourth-order valence-corrected chi connectivity index (χ4v) is 3.47. The first-order valence-corrected chi connectivity index (χ1v) is 10.7. The van der Waals surface area contributed by atoms with E-state index in [1.807, 2.05) is 42.6 Å². The Morgan fingerprint density at radius 1 is 1.12 bits per heavy atom. The molecule has 1 N–H and O–H groups in total. The van der Waals surface area contributed by atoms with Gasteiger partial charge in [-0.25, -0.2) is 4.98 Å². The summed E-state index contributed by atoms with van der Waals surface area (Å²) >= 11 is 0. The van der Waals surface area contributed by atoms with Gasteiger partial charge in [0.2, 0.25) is 17.6 Å². The minimum atomic E-state index is -0.0719. The van der Waals surface area contributed by atoms with Crippen molar-refractivity contribution in [2.45, 2.75) is 19.4 Å². The van der Waals surface area contributed by atoms with E-state index < -0.39 is 0 Å². The number of anilines is 1. The zero-order valence-electron chi connectivity index (χ0n) is 18.5. The Balaban J connectivity index is 1.22. The van der Waals surface area contributed by atoms with Gasteiger partial charge in [0.15, 0.2) is 0 Å². The topological polar surface area (TPSA) is 96.6 Å². The molecule has 0 unspecified atom stereocenters. The number of nitrogens with zero attached hydrogens (tertiary/aromatic N) is 5. The summed E-state index contributed by atoms with van der Waals surface area (Å²) in [4.78, 5) is 25.8. The Morgan fingerprint density at radius 2 is 1.91 bits per heavy atom. The van der Waals surface area contributed by atoms with Gasteiger partial charge in [0, 0.05) is 57.3 Å². The van der Waals surface area contributed by atoms with Gasteiger partial charge in [0.05, 0.1) is 7.11 Å². The molecule has 1 fully saturated rings. The van der Waals surface area contributed by atoms with Crippen LogP contribution in [0.5, 0.6) is 5.75 Å². The van der Waals surface area contributed by atoms with Crippen molar-refractivity contribution in [2.24, 2.45) is 0 Å². The van der Waals surface area contributed by atoms with Gasteiger partial charge in [-0.2, -0.15) is 4.98 Å². The zero-order valence-corrected chi connectivity index (χ0v) is 18.5. The third kappa shape index (κ3) is 5.61. The molecule has 1 aliphatic heterocycles. The van der Waals surface area contributed by atoms with Gasteiger partial charge in [-0.05, 0) is 42.9 Å². The summed E-state index contributed by atoms with van der Waals surface area (Å²) in [6.07, 6.45) is 2.49. The second-order valence-electron chi connectivity index (χ2n) is 7.83. The Hall–Kier alpha value is -3.46. The summed E-state index contributed by atoms with van der Waals surface area (Å²) in [5, 5.41) is 6.91. The number of rotatable bonds is 8. The molecule has 9 heteroatoms. The molecule has 0 aliphatic carbocycles. The van der Waals surface area contributed by atoms with Crippen molar-refractivity contribution in [3.63, 3.8) is 0 Å². The Labute approximate surface area is 187 Å².